The monoisotopic (exact) mass is 336 g/mol. The molecule has 0 aromatic heterocycles. The molecule has 1 aliphatic rings. The number of benzene rings is 2. The summed E-state index contributed by atoms with van der Waals surface area (Å²) in [6.07, 6.45) is 0. The number of carbonyl (C=O) groups excluding carboxylic acids is 1. The first-order chi connectivity index (χ1) is 10.2. The van der Waals surface area contributed by atoms with Crippen molar-refractivity contribution in [2.24, 2.45) is 0 Å². The Kier molecular flexibility index (Phi) is 6.12. The van der Waals surface area contributed by atoms with Crippen molar-refractivity contribution in [1.82, 2.24) is 10.2 Å². The van der Waals surface area contributed by atoms with Gasteiger partial charge in [-0.05, 0) is 29.8 Å². The van der Waals surface area contributed by atoms with Crippen LogP contribution >= 0.6 is 24.2 Å². The maximum absolute atomic E-state index is 12.3. The minimum absolute atomic E-state index is 0. The van der Waals surface area contributed by atoms with Crippen molar-refractivity contribution >= 4 is 40.8 Å². The third-order valence-corrected chi connectivity index (χ3v) is 4.78. The minimum atomic E-state index is 0. The van der Waals surface area contributed by atoms with Crippen molar-refractivity contribution in [2.45, 2.75) is 17.9 Å². The fraction of sp³-hybridized carbons (Fsp3) is 0.353. The second-order valence-electron chi connectivity index (χ2n) is 5.49. The fourth-order valence-electron chi connectivity index (χ4n) is 2.65. The van der Waals surface area contributed by atoms with Gasteiger partial charge >= 0.3 is 0 Å². The molecule has 5 heteroatoms. The predicted octanol–water partition coefficient (Wildman–Crippen LogP) is 3.17. The van der Waals surface area contributed by atoms with Crippen LogP contribution < -0.4 is 5.32 Å². The second-order valence-corrected chi connectivity index (χ2v) is 6.54. The van der Waals surface area contributed by atoms with Crippen LogP contribution in [0, 0.1) is 0 Å². The molecule has 1 amide bonds. The van der Waals surface area contributed by atoms with E-state index in [0.717, 1.165) is 24.5 Å². The smallest absolute Gasteiger partial charge is 0.233 e. The highest BCUT2D eigenvalue weighted by Gasteiger charge is 2.20. The summed E-state index contributed by atoms with van der Waals surface area (Å²) in [6.45, 7) is 4.65. The number of thioether (sulfide) groups is 1. The highest BCUT2D eigenvalue weighted by atomic mass is 35.5. The number of rotatable bonds is 3. The van der Waals surface area contributed by atoms with Gasteiger partial charge in [-0.15, -0.1) is 24.2 Å². The van der Waals surface area contributed by atoms with Gasteiger partial charge in [0.05, 0.1) is 5.75 Å². The van der Waals surface area contributed by atoms with Crippen molar-refractivity contribution in [3.05, 3.63) is 42.5 Å². The Morgan fingerprint density at radius 2 is 2.05 bits per heavy atom. The number of nitrogens with zero attached hydrogens (tertiary/aromatic N) is 1. The van der Waals surface area contributed by atoms with Crippen LogP contribution in [-0.4, -0.2) is 42.2 Å². The standard InChI is InChI=1S/C17H20N2OS.ClH/c1-13-11-19(9-8-18-13)17(20)12-21-16-7-6-14-4-2-3-5-15(14)10-16;/h2-7,10,13,18H,8-9,11-12H2,1H3;1H. The average molecular weight is 337 g/mol. The Morgan fingerprint density at radius 1 is 1.27 bits per heavy atom. The van der Waals surface area contributed by atoms with Gasteiger partial charge in [-0.2, -0.15) is 0 Å². The van der Waals surface area contributed by atoms with Crippen LogP contribution in [0.2, 0.25) is 0 Å². The van der Waals surface area contributed by atoms with E-state index in [1.54, 1.807) is 11.8 Å². The molecule has 1 atom stereocenters. The van der Waals surface area contributed by atoms with Crippen LogP contribution in [0.3, 0.4) is 0 Å². The number of hydrogen-bond acceptors (Lipinski definition) is 3. The molecule has 0 aliphatic carbocycles. The van der Waals surface area contributed by atoms with Gasteiger partial charge in [0.2, 0.25) is 5.91 Å². The average Bonchev–Trinajstić information content (AvgIpc) is 2.52. The Balaban J connectivity index is 0.00000176. The Bertz CT molecular complexity index is 649. The molecule has 0 radical (unpaired) electrons. The summed E-state index contributed by atoms with van der Waals surface area (Å²) < 4.78 is 0. The van der Waals surface area contributed by atoms with Gasteiger partial charge in [0, 0.05) is 30.6 Å². The van der Waals surface area contributed by atoms with E-state index < -0.39 is 0 Å². The van der Waals surface area contributed by atoms with Gasteiger partial charge in [0.15, 0.2) is 0 Å². The largest absolute Gasteiger partial charge is 0.339 e. The van der Waals surface area contributed by atoms with E-state index >= 15 is 0 Å². The Labute approximate surface area is 141 Å². The van der Waals surface area contributed by atoms with Crippen LogP contribution in [0.15, 0.2) is 47.4 Å². The molecule has 2 aromatic carbocycles. The zero-order valence-electron chi connectivity index (χ0n) is 12.6. The molecular weight excluding hydrogens is 316 g/mol. The third-order valence-electron chi connectivity index (χ3n) is 3.80. The molecule has 1 heterocycles. The lowest BCUT2D eigenvalue weighted by atomic mass is 10.1. The zero-order valence-corrected chi connectivity index (χ0v) is 14.3. The first-order valence-corrected chi connectivity index (χ1v) is 8.34. The molecule has 118 valence electrons. The molecule has 3 nitrogen and oxygen atoms in total. The summed E-state index contributed by atoms with van der Waals surface area (Å²) in [7, 11) is 0. The highest BCUT2D eigenvalue weighted by molar-refractivity contribution is 8.00. The minimum Gasteiger partial charge on any atom is -0.339 e. The molecule has 1 unspecified atom stereocenters. The normalized spacial score (nSPS) is 18.0. The van der Waals surface area contributed by atoms with Gasteiger partial charge in [0.1, 0.15) is 0 Å². The van der Waals surface area contributed by atoms with Crippen LogP contribution in [0.1, 0.15) is 6.92 Å². The molecule has 22 heavy (non-hydrogen) atoms. The van der Waals surface area contributed by atoms with E-state index in [1.807, 2.05) is 17.0 Å². The van der Waals surface area contributed by atoms with Crippen LogP contribution in [-0.2, 0) is 4.79 Å². The SMILES string of the molecule is CC1CN(C(=O)CSc2ccc3ccccc3c2)CCN1.Cl. The maximum atomic E-state index is 12.3. The van der Waals surface area contributed by atoms with E-state index in [0.29, 0.717) is 11.8 Å². The molecule has 2 aromatic rings. The number of hydrogen-bond donors (Lipinski definition) is 1. The number of amides is 1. The fourth-order valence-corrected chi connectivity index (χ4v) is 3.50. The first-order valence-electron chi connectivity index (χ1n) is 7.35. The van der Waals surface area contributed by atoms with Gasteiger partial charge < -0.3 is 10.2 Å². The lowest BCUT2D eigenvalue weighted by Gasteiger charge is -2.31. The van der Waals surface area contributed by atoms with Crippen LogP contribution in [0.25, 0.3) is 10.8 Å². The molecule has 1 N–H and O–H groups in total. The van der Waals surface area contributed by atoms with E-state index in [-0.39, 0.29) is 18.3 Å². The third kappa shape index (κ3) is 4.15. The number of carbonyl (C=O) groups is 1. The first kappa shape index (κ1) is 17.1. The van der Waals surface area contributed by atoms with E-state index in [4.69, 9.17) is 0 Å². The van der Waals surface area contributed by atoms with Gasteiger partial charge in [-0.3, -0.25) is 4.79 Å². The molecule has 0 bridgehead atoms. The quantitative estimate of drug-likeness (QED) is 0.874. The highest BCUT2D eigenvalue weighted by Crippen LogP contribution is 2.24. The summed E-state index contributed by atoms with van der Waals surface area (Å²) >= 11 is 1.63. The predicted molar refractivity (Wildman–Crippen MR) is 96.0 cm³/mol. The van der Waals surface area contributed by atoms with Crippen molar-refractivity contribution in [3.8, 4) is 0 Å². The Hall–Kier alpha value is -1.23. The molecule has 1 saturated heterocycles. The maximum Gasteiger partial charge on any atom is 0.233 e. The molecule has 3 rings (SSSR count). The summed E-state index contributed by atoms with van der Waals surface area (Å²) in [5.74, 6) is 0.756. The number of piperazine rings is 1. The molecule has 0 saturated carbocycles. The molecule has 1 fully saturated rings. The molecule has 0 spiro atoms. The molecule has 1 aliphatic heterocycles. The lowest BCUT2D eigenvalue weighted by Crippen LogP contribution is -2.51. The van der Waals surface area contributed by atoms with Crippen LogP contribution in [0.4, 0.5) is 0 Å². The van der Waals surface area contributed by atoms with Gasteiger partial charge in [0.25, 0.3) is 0 Å². The van der Waals surface area contributed by atoms with Crippen LogP contribution in [0.5, 0.6) is 0 Å². The second kappa shape index (κ2) is 7.86. The topological polar surface area (TPSA) is 32.3 Å². The van der Waals surface area contributed by atoms with E-state index in [1.165, 1.54) is 10.8 Å². The number of nitrogens with one attached hydrogen (secondary N) is 1. The number of fused-ring (bicyclic) bond motifs is 1. The van der Waals surface area contributed by atoms with E-state index in [2.05, 4.69) is 42.6 Å². The Morgan fingerprint density at radius 3 is 2.82 bits per heavy atom. The summed E-state index contributed by atoms with van der Waals surface area (Å²) in [6, 6.07) is 15.1. The van der Waals surface area contributed by atoms with Gasteiger partial charge in [-0.25, -0.2) is 0 Å². The summed E-state index contributed by atoms with van der Waals surface area (Å²) in [5.41, 5.74) is 0. The summed E-state index contributed by atoms with van der Waals surface area (Å²) in [4.78, 5) is 15.4. The van der Waals surface area contributed by atoms with Crippen molar-refractivity contribution in [1.29, 1.82) is 0 Å². The van der Waals surface area contributed by atoms with E-state index in [9.17, 15) is 4.79 Å². The van der Waals surface area contributed by atoms with Crippen molar-refractivity contribution in [3.63, 3.8) is 0 Å². The summed E-state index contributed by atoms with van der Waals surface area (Å²) in [5, 5.41) is 5.83. The zero-order chi connectivity index (χ0) is 14.7. The van der Waals surface area contributed by atoms with Crippen molar-refractivity contribution in [2.75, 3.05) is 25.4 Å². The lowest BCUT2D eigenvalue weighted by molar-refractivity contribution is -0.129. The number of halogens is 1. The van der Waals surface area contributed by atoms with Gasteiger partial charge in [-0.1, -0.05) is 30.3 Å². The van der Waals surface area contributed by atoms with Crippen molar-refractivity contribution < 1.29 is 4.79 Å². The molecular formula is C17H21ClN2OS.